The second-order valence-electron chi connectivity index (χ2n) is 3.43. The molecule has 14 heavy (non-hydrogen) atoms. The molecule has 0 aliphatic carbocycles. The monoisotopic (exact) mass is 202 g/mol. The van der Waals surface area contributed by atoms with Gasteiger partial charge < -0.3 is 10.5 Å². The molecule has 0 spiro atoms. The fourth-order valence-corrected chi connectivity index (χ4v) is 1.25. The zero-order valence-electron chi connectivity index (χ0n) is 9.11. The fraction of sp³-hybridized carbons (Fsp3) is 0.778. The van der Waals surface area contributed by atoms with Crippen molar-refractivity contribution in [2.24, 2.45) is 5.73 Å². The maximum Gasteiger partial charge on any atom is 0.322 e. The highest BCUT2D eigenvalue weighted by Crippen LogP contribution is 2.05. The first-order valence-electron chi connectivity index (χ1n) is 4.52. The molecule has 0 aromatic carbocycles. The van der Waals surface area contributed by atoms with E-state index in [0.29, 0.717) is 0 Å². The van der Waals surface area contributed by atoms with Crippen LogP contribution in [0.5, 0.6) is 0 Å². The van der Waals surface area contributed by atoms with Crippen molar-refractivity contribution < 1.29 is 14.3 Å². The molecule has 0 bridgehead atoms. The third-order valence-corrected chi connectivity index (χ3v) is 2.04. The number of primary amides is 1. The smallest absolute Gasteiger partial charge is 0.322 e. The zero-order chi connectivity index (χ0) is 11.3. The van der Waals surface area contributed by atoms with Crippen molar-refractivity contribution in [1.82, 2.24) is 4.90 Å². The molecule has 1 unspecified atom stereocenters. The number of hydrogen-bond acceptors (Lipinski definition) is 4. The highest BCUT2D eigenvalue weighted by Gasteiger charge is 2.25. The van der Waals surface area contributed by atoms with Gasteiger partial charge in [0.2, 0.25) is 5.91 Å². The molecular formula is C9H18N2O3. The van der Waals surface area contributed by atoms with Gasteiger partial charge in [-0.15, -0.1) is 0 Å². The van der Waals surface area contributed by atoms with E-state index in [1.54, 1.807) is 11.8 Å². The molecule has 2 N–H and O–H groups in total. The number of esters is 1. The first kappa shape index (κ1) is 12.9. The molecule has 5 heteroatoms. The summed E-state index contributed by atoms with van der Waals surface area (Å²) in [5.74, 6) is -0.811. The minimum absolute atomic E-state index is 0.0634. The summed E-state index contributed by atoms with van der Waals surface area (Å²) in [6.07, 6.45) is 0. The number of nitrogens with two attached hydrogens (primary N) is 1. The Morgan fingerprint density at radius 1 is 1.36 bits per heavy atom. The Hall–Kier alpha value is -1.10. The normalized spacial score (nSPS) is 13.0. The number of rotatable bonds is 5. The first-order valence-corrected chi connectivity index (χ1v) is 4.52. The van der Waals surface area contributed by atoms with Crippen LogP contribution >= 0.6 is 0 Å². The second-order valence-corrected chi connectivity index (χ2v) is 3.43. The average Bonchev–Trinajstić information content (AvgIpc) is 2.11. The Labute approximate surface area is 84.2 Å². The highest BCUT2D eigenvalue weighted by molar-refractivity contribution is 5.79. The molecule has 0 aromatic rings. The summed E-state index contributed by atoms with van der Waals surface area (Å²) in [4.78, 5) is 23.7. The Morgan fingerprint density at radius 3 is 2.14 bits per heavy atom. The lowest BCUT2D eigenvalue weighted by Crippen LogP contribution is -2.47. The van der Waals surface area contributed by atoms with E-state index in [0.717, 1.165) is 0 Å². The number of methoxy groups -OCH3 is 1. The van der Waals surface area contributed by atoms with Crippen molar-refractivity contribution in [3.8, 4) is 0 Å². The molecule has 0 aliphatic rings. The van der Waals surface area contributed by atoms with E-state index in [2.05, 4.69) is 4.74 Å². The number of carbonyl (C=O) groups is 2. The van der Waals surface area contributed by atoms with Gasteiger partial charge in [0.25, 0.3) is 0 Å². The number of nitrogens with zero attached hydrogens (tertiary/aromatic N) is 1. The minimum atomic E-state index is -0.451. The summed E-state index contributed by atoms with van der Waals surface area (Å²) < 4.78 is 4.59. The number of ether oxygens (including phenoxy) is 1. The van der Waals surface area contributed by atoms with Crippen molar-refractivity contribution >= 4 is 11.9 Å². The molecule has 0 aromatic heterocycles. The van der Waals surface area contributed by atoms with Crippen LogP contribution in [0.25, 0.3) is 0 Å². The lowest BCUT2D eigenvalue weighted by Gasteiger charge is -2.29. The Kier molecular flexibility index (Phi) is 5.15. The molecule has 0 saturated heterocycles. The van der Waals surface area contributed by atoms with Crippen molar-refractivity contribution in [3.63, 3.8) is 0 Å². The molecule has 0 fully saturated rings. The Bertz CT molecular complexity index is 216. The molecule has 0 radical (unpaired) electrons. The van der Waals surface area contributed by atoms with Gasteiger partial charge in [-0.1, -0.05) is 0 Å². The third-order valence-electron chi connectivity index (χ3n) is 2.04. The molecule has 1 atom stereocenters. The molecule has 0 aliphatic heterocycles. The average molecular weight is 202 g/mol. The largest absolute Gasteiger partial charge is 0.468 e. The third kappa shape index (κ3) is 3.74. The molecular weight excluding hydrogens is 184 g/mol. The predicted molar refractivity (Wildman–Crippen MR) is 52.5 cm³/mol. The summed E-state index contributed by atoms with van der Waals surface area (Å²) in [6.45, 7) is 5.54. The van der Waals surface area contributed by atoms with Crippen LogP contribution in [-0.2, 0) is 14.3 Å². The summed E-state index contributed by atoms with van der Waals surface area (Å²) in [5.41, 5.74) is 5.08. The van der Waals surface area contributed by atoms with Gasteiger partial charge >= 0.3 is 5.97 Å². The maximum atomic E-state index is 11.2. The van der Waals surface area contributed by atoms with Gasteiger partial charge in [0.1, 0.15) is 6.04 Å². The predicted octanol–water partition coefficient (Wildman–Crippen LogP) is -0.256. The van der Waals surface area contributed by atoms with E-state index < -0.39 is 11.9 Å². The van der Waals surface area contributed by atoms with Crippen molar-refractivity contribution in [3.05, 3.63) is 0 Å². The van der Waals surface area contributed by atoms with E-state index in [4.69, 9.17) is 5.73 Å². The van der Waals surface area contributed by atoms with E-state index in [1.165, 1.54) is 7.11 Å². The van der Waals surface area contributed by atoms with Crippen molar-refractivity contribution in [1.29, 1.82) is 0 Å². The SMILES string of the molecule is COC(=O)C(C)N(CC(N)=O)C(C)C. The van der Waals surface area contributed by atoms with Gasteiger partial charge in [0, 0.05) is 6.04 Å². The summed E-state index contributed by atoms with van der Waals surface area (Å²) in [7, 11) is 1.32. The molecule has 0 heterocycles. The van der Waals surface area contributed by atoms with Crippen LogP contribution in [0.15, 0.2) is 0 Å². The van der Waals surface area contributed by atoms with E-state index in [-0.39, 0.29) is 18.6 Å². The summed E-state index contributed by atoms with van der Waals surface area (Å²) in [5, 5.41) is 0. The molecule has 5 nitrogen and oxygen atoms in total. The van der Waals surface area contributed by atoms with Gasteiger partial charge in [0.15, 0.2) is 0 Å². The minimum Gasteiger partial charge on any atom is -0.468 e. The quantitative estimate of drug-likeness (QED) is 0.624. The first-order chi connectivity index (χ1) is 6.40. The van der Waals surface area contributed by atoms with Gasteiger partial charge in [-0.3, -0.25) is 14.5 Å². The van der Waals surface area contributed by atoms with Gasteiger partial charge in [-0.2, -0.15) is 0 Å². The molecule has 0 saturated carbocycles. The zero-order valence-corrected chi connectivity index (χ0v) is 9.11. The summed E-state index contributed by atoms with van der Waals surface area (Å²) in [6, 6.07) is -0.385. The highest BCUT2D eigenvalue weighted by atomic mass is 16.5. The van der Waals surface area contributed by atoms with E-state index in [1.807, 2.05) is 13.8 Å². The van der Waals surface area contributed by atoms with Crippen LogP contribution in [0.3, 0.4) is 0 Å². The van der Waals surface area contributed by atoms with Crippen LogP contribution in [0, 0.1) is 0 Å². The standard InChI is InChI=1S/C9H18N2O3/c1-6(2)11(5-8(10)12)7(3)9(13)14-4/h6-7H,5H2,1-4H3,(H2,10,12). The fourth-order valence-electron chi connectivity index (χ4n) is 1.25. The summed E-state index contributed by atoms with van der Waals surface area (Å²) >= 11 is 0. The number of carbonyl (C=O) groups excluding carboxylic acids is 2. The Morgan fingerprint density at radius 2 is 1.86 bits per heavy atom. The maximum absolute atomic E-state index is 11.2. The second kappa shape index (κ2) is 5.59. The van der Waals surface area contributed by atoms with Crippen molar-refractivity contribution in [2.45, 2.75) is 32.9 Å². The van der Waals surface area contributed by atoms with Gasteiger partial charge in [0.05, 0.1) is 13.7 Å². The van der Waals surface area contributed by atoms with Crippen molar-refractivity contribution in [2.75, 3.05) is 13.7 Å². The number of hydrogen-bond donors (Lipinski definition) is 1. The van der Waals surface area contributed by atoms with Crippen LogP contribution in [-0.4, -0.2) is 42.5 Å². The molecule has 0 rings (SSSR count). The van der Waals surface area contributed by atoms with Crippen LogP contribution < -0.4 is 5.73 Å². The number of amides is 1. The topological polar surface area (TPSA) is 72.6 Å². The molecule has 1 amide bonds. The van der Waals surface area contributed by atoms with Gasteiger partial charge in [-0.25, -0.2) is 0 Å². The van der Waals surface area contributed by atoms with Crippen LogP contribution in [0.1, 0.15) is 20.8 Å². The van der Waals surface area contributed by atoms with Crippen LogP contribution in [0.4, 0.5) is 0 Å². The lowest BCUT2D eigenvalue weighted by atomic mass is 10.2. The van der Waals surface area contributed by atoms with Crippen LogP contribution in [0.2, 0.25) is 0 Å². The molecule has 82 valence electrons. The van der Waals surface area contributed by atoms with E-state index in [9.17, 15) is 9.59 Å². The van der Waals surface area contributed by atoms with E-state index >= 15 is 0 Å². The van der Waals surface area contributed by atoms with Gasteiger partial charge in [-0.05, 0) is 20.8 Å². The Balaban J connectivity index is 4.48. The lowest BCUT2D eigenvalue weighted by molar-refractivity contribution is -0.147.